The molecule has 0 aliphatic carbocycles. The lowest BCUT2D eigenvalue weighted by Crippen LogP contribution is -2.32. The summed E-state index contributed by atoms with van der Waals surface area (Å²) in [7, 11) is 0. The summed E-state index contributed by atoms with van der Waals surface area (Å²) in [5.74, 6) is -0.407. The maximum absolute atomic E-state index is 12.3. The van der Waals surface area contributed by atoms with Crippen LogP contribution >= 0.6 is 11.6 Å². The fourth-order valence-electron chi connectivity index (χ4n) is 2.70. The Morgan fingerprint density at radius 3 is 2.46 bits per heavy atom. The molecule has 0 aromatic heterocycles. The standard InChI is InChI=1S/C19H17ClN2O4/c1-2-26-14-6-4-13(5-7-14)21-17(23)9-10-22-18(24)15-8-3-12(20)11-16(15)19(22)25/h3-8,11H,2,9-10H2,1H3,(H,21,23). The fourth-order valence-corrected chi connectivity index (χ4v) is 2.88. The minimum absolute atomic E-state index is 0.00636. The summed E-state index contributed by atoms with van der Waals surface area (Å²) < 4.78 is 5.34. The zero-order valence-corrected chi connectivity index (χ0v) is 14.9. The van der Waals surface area contributed by atoms with Crippen LogP contribution < -0.4 is 10.1 Å². The molecule has 2 aromatic rings. The number of amides is 3. The van der Waals surface area contributed by atoms with Crippen LogP contribution in [0.25, 0.3) is 0 Å². The first-order valence-electron chi connectivity index (χ1n) is 8.18. The summed E-state index contributed by atoms with van der Waals surface area (Å²) in [5.41, 5.74) is 1.20. The molecular weight excluding hydrogens is 356 g/mol. The number of benzene rings is 2. The number of hydrogen-bond acceptors (Lipinski definition) is 4. The van der Waals surface area contributed by atoms with Gasteiger partial charge in [0.25, 0.3) is 11.8 Å². The first-order chi connectivity index (χ1) is 12.5. The van der Waals surface area contributed by atoms with E-state index < -0.39 is 11.8 Å². The van der Waals surface area contributed by atoms with Gasteiger partial charge in [-0.25, -0.2) is 0 Å². The lowest BCUT2D eigenvalue weighted by Gasteiger charge is -2.13. The summed E-state index contributed by atoms with van der Waals surface area (Å²) in [6.07, 6.45) is 0.00636. The molecule has 3 amide bonds. The molecule has 0 fully saturated rings. The molecule has 0 spiro atoms. The van der Waals surface area contributed by atoms with Crippen molar-refractivity contribution in [3.63, 3.8) is 0 Å². The molecule has 3 rings (SSSR count). The van der Waals surface area contributed by atoms with Gasteiger partial charge >= 0.3 is 0 Å². The van der Waals surface area contributed by atoms with E-state index in [1.54, 1.807) is 30.3 Å². The molecule has 6 nitrogen and oxygen atoms in total. The van der Waals surface area contributed by atoms with Crippen LogP contribution in [0.15, 0.2) is 42.5 Å². The molecule has 2 aromatic carbocycles. The Morgan fingerprint density at radius 1 is 1.08 bits per heavy atom. The van der Waals surface area contributed by atoms with Crippen LogP contribution in [-0.2, 0) is 4.79 Å². The Balaban J connectivity index is 1.58. The van der Waals surface area contributed by atoms with Crippen LogP contribution in [0.4, 0.5) is 5.69 Å². The number of hydrogen-bond donors (Lipinski definition) is 1. The van der Waals surface area contributed by atoms with Crippen LogP contribution in [0.2, 0.25) is 5.02 Å². The van der Waals surface area contributed by atoms with Crippen LogP contribution in [0, 0.1) is 0 Å². The Hall–Kier alpha value is -2.86. The van der Waals surface area contributed by atoms with Crippen molar-refractivity contribution >= 4 is 35.0 Å². The Kier molecular flexibility index (Phi) is 5.23. The highest BCUT2D eigenvalue weighted by molar-refractivity contribution is 6.32. The third-order valence-electron chi connectivity index (χ3n) is 3.94. The lowest BCUT2D eigenvalue weighted by molar-refractivity contribution is -0.116. The van der Waals surface area contributed by atoms with Crippen LogP contribution in [0.1, 0.15) is 34.1 Å². The van der Waals surface area contributed by atoms with Gasteiger partial charge in [-0.3, -0.25) is 19.3 Å². The van der Waals surface area contributed by atoms with E-state index in [9.17, 15) is 14.4 Å². The van der Waals surface area contributed by atoms with Crippen LogP contribution in [0.3, 0.4) is 0 Å². The van der Waals surface area contributed by atoms with Gasteiger partial charge in [-0.2, -0.15) is 0 Å². The first kappa shape index (κ1) is 17.9. The molecule has 7 heteroatoms. The van der Waals surface area contributed by atoms with Gasteiger partial charge in [-0.1, -0.05) is 11.6 Å². The number of rotatable bonds is 6. The monoisotopic (exact) mass is 372 g/mol. The summed E-state index contributed by atoms with van der Waals surface area (Å²) in [6, 6.07) is 11.5. The van der Waals surface area contributed by atoms with Crippen molar-refractivity contribution in [2.45, 2.75) is 13.3 Å². The molecule has 0 bridgehead atoms. The number of carbonyl (C=O) groups is 3. The predicted molar refractivity (Wildman–Crippen MR) is 97.7 cm³/mol. The largest absolute Gasteiger partial charge is 0.494 e. The molecule has 0 unspecified atom stereocenters. The van der Waals surface area contributed by atoms with Gasteiger partial charge in [0.1, 0.15) is 5.75 Å². The number of ether oxygens (including phenoxy) is 1. The first-order valence-corrected chi connectivity index (χ1v) is 8.56. The molecule has 134 valence electrons. The van der Waals surface area contributed by atoms with E-state index in [0.717, 1.165) is 10.6 Å². The van der Waals surface area contributed by atoms with E-state index >= 15 is 0 Å². The van der Waals surface area contributed by atoms with Gasteiger partial charge < -0.3 is 10.1 Å². The van der Waals surface area contributed by atoms with E-state index in [-0.39, 0.29) is 24.4 Å². The zero-order chi connectivity index (χ0) is 18.7. The number of imide groups is 1. The Bertz CT molecular complexity index is 864. The minimum Gasteiger partial charge on any atom is -0.494 e. The number of nitrogens with zero attached hydrogens (tertiary/aromatic N) is 1. The molecule has 0 saturated carbocycles. The van der Waals surface area contributed by atoms with Crippen molar-refractivity contribution in [3.8, 4) is 5.75 Å². The molecular formula is C19H17ClN2O4. The molecule has 1 heterocycles. The van der Waals surface area contributed by atoms with E-state index in [1.165, 1.54) is 12.1 Å². The minimum atomic E-state index is -0.429. The van der Waals surface area contributed by atoms with Gasteiger partial charge in [0.2, 0.25) is 5.91 Å². The van der Waals surface area contributed by atoms with Crippen molar-refractivity contribution < 1.29 is 19.1 Å². The van der Waals surface area contributed by atoms with E-state index in [0.29, 0.717) is 22.9 Å². The second-order valence-electron chi connectivity index (χ2n) is 5.71. The van der Waals surface area contributed by atoms with Crippen molar-refractivity contribution in [1.82, 2.24) is 4.90 Å². The molecule has 0 radical (unpaired) electrons. The van der Waals surface area contributed by atoms with Gasteiger partial charge in [0.15, 0.2) is 0 Å². The summed E-state index contributed by atoms with van der Waals surface area (Å²) >= 11 is 5.88. The Morgan fingerprint density at radius 2 is 1.77 bits per heavy atom. The maximum Gasteiger partial charge on any atom is 0.261 e. The van der Waals surface area contributed by atoms with Gasteiger partial charge in [-0.05, 0) is 49.4 Å². The average Bonchev–Trinajstić information content (AvgIpc) is 2.85. The van der Waals surface area contributed by atoms with E-state index in [1.807, 2.05) is 6.92 Å². The van der Waals surface area contributed by atoms with Crippen molar-refractivity contribution in [2.75, 3.05) is 18.5 Å². The second-order valence-corrected chi connectivity index (χ2v) is 6.14. The highest BCUT2D eigenvalue weighted by atomic mass is 35.5. The normalized spacial score (nSPS) is 12.9. The predicted octanol–water partition coefficient (Wildman–Crippen LogP) is 3.36. The van der Waals surface area contributed by atoms with Crippen LogP contribution in [-0.4, -0.2) is 35.8 Å². The number of fused-ring (bicyclic) bond motifs is 1. The molecule has 1 aliphatic heterocycles. The lowest BCUT2D eigenvalue weighted by atomic mass is 10.1. The van der Waals surface area contributed by atoms with Gasteiger partial charge in [-0.15, -0.1) is 0 Å². The molecule has 26 heavy (non-hydrogen) atoms. The molecule has 0 atom stereocenters. The third kappa shape index (κ3) is 3.70. The Labute approximate surface area is 155 Å². The van der Waals surface area contributed by atoms with Crippen molar-refractivity contribution in [3.05, 3.63) is 58.6 Å². The number of carbonyl (C=O) groups excluding carboxylic acids is 3. The molecule has 1 N–H and O–H groups in total. The second kappa shape index (κ2) is 7.58. The van der Waals surface area contributed by atoms with Gasteiger partial charge in [0, 0.05) is 23.7 Å². The summed E-state index contributed by atoms with van der Waals surface area (Å²) in [5, 5.41) is 3.12. The summed E-state index contributed by atoms with van der Waals surface area (Å²) in [6.45, 7) is 2.47. The quantitative estimate of drug-likeness (QED) is 0.789. The van der Waals surface area contributed by atoms with Gasteiger partial charge in [0.05, 0.1) is 17.7 Å². The summed E-state index contributed by atoms with van der Waals surface area (Å²) in [4.78, 5) is 37.8. The number of halogens is 1. The number of nitrogens with one attached hydrogen (secondary N) is 1. The smallest absolute Gasteiger partial charge is 0.261 e. The zero-order valence-electron chi connectivity index (χ0n) is 14.1. The van der Waals surface area contributed by atoms with E-state index in [2.05, 4.69) is 5.32 Å². The van der Waals surface area contributed by atoms with Crippen molar-refractivity contribution in [1.29, 1.82) is 0 Å². The maximum atomic E-state index is 12.3. The average molecular weight is 373 g/mol. The third-order valence-corrected chi connectivity index (χ3v) is 4.18. The number of anilines is 1. The highest BCUT2D eigenvalue weighted by Crippen LogP contribution is 2.26. The highest BCUT2D eigenvalue weighted by Gasteiger charge is 2.35. The van der Waals surface area contributed by atoms with E-state index in [4.69, 9.17) is 16.3 Å². The molecule has 0 saturated heterocycles. The molecule has 1 aliphatic rings. The van der Waals surface area contributed by atoms with Crippen LogP contribution in [0.5, 0.6) is 5.75 Å². The topological polar surface area (TPSA) is 75.7 Å². The fraction of sp³-hybridized carbons (Fsp3) is 0.211. The SMILES string of the molecule is CCOc1ccc(NC(=O)CCN2C(=O)c3ccc(Cl)cc3C2=O)cc1. The van der Waals surface area contributed by atoms with Crippen molar-refractivity contribution in [2.24, 2.45) is 0 Å².